The third-order valence-corrected chi connectivity index (χ3v) is 7.59. The molecule has 4 aromatic rings. The molecule has 1 aliphatic carbocycles. The minimum absolute atomic E-state index is 0. The zero-order valence-corrected chi connectivity index (χ0v) is 29.6. The van der Waals surface area contributed by atoms with Crippen LogP contribution in [0.4, 0.5) is 20.2 Å². The van der Waals surface area contributed by atoms with Crippen LogP contribution in [0.15, 0.2) is 83.8 Å². The van der Waals surface area contributed by atoms with Gasteiger partial charge in [0.25, 0.3) is 0 Å². The molecule has 5 rings (SSSR count). The number of hydrogen-bond acceptors (Lipinski definition) is 5. The Bertz CT molecular complexity index is 1510. The third-order valence-electron chi connectivity index (χ3n) is 7.26. The summed E-state index contributed by atoms with van der Waals surface area (Å²) in [4.78, 5) is 13.5. The second kappa shape index (κ2) is 18.6. The maximum Gasteiger partial charge on any atom is 1.00 e. The summed E-state index contributed by atoms with van der Waals surface area (Å²) >= 11 is 5.61. The first kappa shape index (κ1) is 37.8. The number of aliphatic hydroxyl groups is 1. The Balaban J connectivity index is 0.000000587. The van der Waals surface area contributed by atoms with Crippen LogP contribution >= 0.6 is 0 Å². The summed E-state index contributed by atoms with van der Waals surface area (Å²) in [6, 6.07) is 20.8. The summed E-state index contributed by atoms with van der Waals surface area (Å²) in [6.45, 7) is 3.95. The fourth-order valence-electron chi connectivity index (χ4n) is 4.80. The number of halogens is 2. The summed E-state index contributed by atoms with van der Waals surface area (Å²) < 4.78 is 34.3. The Hall–Kier alpha value is -2.37. The average Bonchev–Trinajstić information content (AvgIpc) is 3.02. The van der Waals surface area contributed by atoms with Crippen LogP contribution in [0.1, 0.15) is 54.9 Å². The van der Waals surface area contributed by atoms with Gasteiger partial charge >= 0.3 is 57.4 Å². The number of para-hydroxylation sites is 1. The second-order valence-corrected chi connectivity index (χ2v) is 10.7. The molecule has 5 nitrogen and oxygen atoms in total. The molecule has 2 N–H and O–H groups in total. The number of carboxylic acid groups (broad SMARTS) is 1. The van der Waals surface area contributed by atoms with E-state index in [2.05, 4.69) is 14.0 Å². The van der Waals surface area contributed by atoms with Gasteiger partial charge in [-0.1, -0.05) is 75.4 Å². The number of benzene rings is 4. The number of carbonyl (C=O) groups is 1. The number of ether oxygens (including phenoxy) is 1. The van der Waals surface area contributed by atoms with Crippen LogP contribution in [0.25, 0.3) is 11.1 Å². The molecular weight excluding hydrogens is 608 g/mol. The third kappa shape index (κ3) is 10.1. The first-order chi connectivity index (χ1) is 20.7. The molecule has 44 heavy (non-hydrogen) atoms. The van der Waals surface area contributed by atoms with Gasteiger partial charge in [0.1, 0.15) is 23.1 Å². The molecule has 0 atom stereocenters. The predicted molar refractivity (Wildman–Crippen MR) is 170 cm³/mol. The van der Waals surface area contributed by atoms with Crippen LogP contribution < -0.4 is 61.0 Å². The van der Waals surface area contributed by atoms with Crippen LogP contribution in [-0.2, 0) is 12.6 Å². The molecule has 228 valence electrons. The molecule has 4 aromatic carbocycles. The topological polar surface area (TPSA) is 70.0 Å². The number of aliphatic hydroxyl groups excluding tert-OH is 1. The van der Waals surface area contributed by atoms with Gasteiger partial charge in [0.15, 0.2) is 0 Å². The van der Waals surface area contributed by atoms with Crippen LogP contribution in [0.5, 0.6) is 11.5 Å². The first-order valence-corrected chi connectivity index (χ1v) is 14.5. The summed E-state index contributed by atoms with van der Waals surface area (Å²) in [5.41, 5.74) is 1.97. The van der Waals surface area contributed by atoms with E-state index in [1.54, 1.807) is 30.0 Å². The van der Waals surface area contributed by atoms with Crippen molar-refractivity contribution in [3.05, 3.63) is 109 Å². The van der Waals surface area contributed by atoms with E-state index in [1.165, 1.54) is 56.4 Å². The van der Waals surface area contributed by atoms with E-state index >= 15 is 0 Å². The molecule has 1 saturated carbocycles. The number of hydrogen-bond donors (Lipinski definition) is 2. The number of anilines is 2. The van der Waals surface area contributed by atoms with Gasteiger partial charge in [-0.05, 0) is 60.5 Å². The van der Waals surface area contributed by atoms with Gasteiger partial charge in [0.2, 0.25) is 0 Å². The molecule has 0 amide bonds. The number of carboxylic acids is 1. The quantitative estimate of drug-likeness (QED) is 0.143. The van der Waals surface area contributed by atoms with Crippen molar-refractivity contribution in [3.63, 3.8) is 0 Å². The molecule has 0 heterocycles. The zero-order valence-electron chi connectivity index (χ0n) is 25.6. The van der Waals surface area contributed by atoms with Crippen LogP contribution in [-0.4, -0.2) is 23.3 Å². The number of rotatable bonds is 6. The van der Waals surface area contributed by atoms with Crippen LogP contribution in [0, 0.1) is 31.5 Å². The molecule has 1 fully saturated rings. The molecule has 1 aliphatic rings. The molecule has 0 unspecified atom stereocenters. The summed E-state index contributed by atoms with van der Waals surface area (Å²) in [6.07, 6.45) is 7.44. The normalized spacial score (nSPS) is 12.4. The van der Waals surface area contributed by atoms with E-state index in [4.69, 9.17) is 22.5 Å². The van der Waals surface area contributed by atoms with Crippen LogP contribution in [0.2, 0.25) is 0 Å². The Labute approximate surface area is 307 Å². The number of aromatic carboxylic acids is 1. The fraction of sp³-hybridized carbons (Fsp3) is 0.257. The van der Waals surface area contributed by atoms with Crippen molar-refractivity contribution < 1.29 is 79.9 Å². The van der Waals surface area contributed by atoms with Crippen LogP contribution in [0.3, 0.4) is 0 Å². The minimum atomic E-state index is -1.40. The molecule has 0 bridgehead atoms. The predicted octanol–water partition coefficient (Wildman–Crippen LogP) is 6.47. The van der Waals surface area contributed by atoms with Crippen molar-refractivity contribution >= 4 is 30.0 Å². The molecule has 0 radical (unpaired) electrons. The van der Waals surface area contributed by atoms with Gasteiger partial charge in [-0.3, -0.25) is 7.05 Å². The van der Waals surface area contributed by atoms with E-state index < -0.39 is 23.2 Å². The van der Waals surface area contributed by atoms with E-state index in [9.17, 15) is 18.7 Å². The van der Waals surface area contributed by atoms with Gasteiger partial charge in [0.05, 0.1) is 5.56 Å². The van der Waals surface area contributed by atoms with Gasteiger partial charge in [-0.25, -0.2) is 13.6 Å². The van der Waals surface area contributed by atoms with Crippen molar-refractivity contribution in [2.75, 3.05) is 12.0 Å². The van der Waals surface area contributed by atoms with Gasteiger partial charge < -0.3 is 32.5 Å². The molecular formula is C35H37F2KNO4S-. The molecule has 0 spiro atoms. The Morgan fingerprint density at radius 1 is 0.909 bits per heavy atom. The zero-order chi connectivity index (χ0) is 31.5. The van der Waals surface area contributed by atoms with Gasteiger partial charge in [-0.15, -0.1) is 0 Å². The van der Waals surface area contributed by atoms with Gasteiger partial charge in [-0.2, -0.15) is 4.90 Å². The van der Waals surface area contributed by atoms with Crippen molar-refractivity contribution in [1.82, 2.24) is 0 Å². The maximum atomic E-state index is 14.2. The monoisotopic (exact) mass is 644 g/mol. The summed E-state index contributed by atoms with van der Waals surface area (Å²) in [5.74, 6) is -1.09. The molecule has 9 heteroatoms. The standard InChI is InChI=1S/C27H20F2NO3S.C7H14.CH4O.K/c1-16-21(28)9-6-10-24(16)33-25-15-23(30(2)18-7-4-3-5-8-18)26(34)14-19(25)17-11-12-22(29)20(13-17)27(31)32;1-7-5-3-2-4-6-7;1-2;/h3-15,34H,2H2,1H3,(H,31,32);7H,2-6H2,1H3;2H,1H3;/q-1;;;+1/p-1. The Morgan fingerprint density at radius 2 is 1.57 bits per heavy atom. The largest absolute Gasteiger partial charge is 1.00 e. The SMILES string of the molecule is CC1CCCCC1.CO.[CH2-]N(c1ccccc1)c1cc(Oc2cccc(F)c2C)c(-c2ccc(F)c(C(=O)O)c2)cc1[S-].[K+]. The van der Waals surface area contributed by atoms with Crippen molar-refractivity contribution in [1.29, 1.82) is 0 Å². The Morgan fingerprint density at radius 3 is 2.16 bits per heavy atom. The first-order valence-electron chi connectivity index (χ1n) is 14.1. The fourth-order valence-corrected chi connectivity index (χ4v) is 5.08. The van der Waals surface area contributed by atoms with E-state index in [1.807, 2.05) is 30.3 Å². The molecule has 0 aromatic heterocycles. The second-order valence-electron chi connectivity index (χ2n) is 10.3. The summed E-state index contributed by atoms with van der Waals surface area (Å²) in [5, 5.41) is 16.4. The molecule has 0 saturated heterocycles. The smallest absolute Gasteiger partial charge is 0.778 e. The maximum absolute atomic E-state index is 14.2. The van der Waals surface area contributed by atoms with Crippen molar-refractivity contribution in [2.24, 2.45) is 5.92 Å². The van der Waals surface area contributed by atoms with Crippen molar-refractivity contribution in [3.8, 4) is 22.6 Å². The Kier molecular flexibility index (Phi) is 16.0. The van der Waals surface area contributed by atoms with Gasteiger partial charge in [0, 0.05) is 30.0 Å². The summed E-state index contributed by atoms with van der Waals surface area (Å²) in [7, 11) is 5.09. The average molecular weight is 645 g/mol. The van der Waals surface area contributed by atoms with E-state index in [-0.39, 0.29) is 62.9 Å². The molecule has 0 aliphatic heterocycles. The van der Waals surface area contributed by atoms with Crippen molar-refractivity contribution in [2.45, 2.75) is 50.8 Å². The van der Waals surface area contributed by atoms with E-state index in [0.29, 0.717) is 27.3 Å². The minimum Gasteiger partial charge on any atom is -0.778 e. The van der Waals surface area contributed by atoms with E-state index in [0.717, 1.165) is 24.8 Å². The number of nitrogens with zero attached hydrogens (tertiary/aromatic N) is 1.